The molecular weight excluding hydrogens is 222 g/mol. The van der Waals surface area contributed by atoms with Gasteiger partial charge in [-0.15, -0.1) is 0 Å². The summed E-state index contributed by atoms with van der Waals surface area (Å²) in [5.41, 5.74) is 4.90. The molecule has 0 radical (unpaired) electrons. The molecule has 0 bridgehead atoms. The molecule has 1 aromatic heterocycles. The fourth-order valence-electron chi connectivity index (χ4n) is 2.09. The van der Waals surface area contributed by atoms with Crippen LogP contribution < -0.4 is 17.0 Å². The van der Waals surface area contributed by atoms with Crippen LogP contribution in [0.1, 0.15) is 19.3 Å². The number of nitrogen functional groups attached to an aromatic ring is 1. The zero-order valence-corrected chi connectivity index (χ0v) is 9.89. The van der Waals surface area contributed by atoms with Crippen molar-refractivity contribution in [1.29, 1.82) is 0 Å². The van der Waals surface area contributed by atoms with Gasteiger partial charge in [0.05, 0.1) is 6.10 Å². The van der Waals surface area contributed by atoms with Crippen molar-refractivity contribution in [1.82, 2.24) is 9.13 Å². The Hall–Kier alpha value is -1.56. The molecular formula is C11H17N3O3. The first-order valence-corrected chi connectivity index (χ1v) is 5.77. The van der Waals surface area contributed by atoms with Crippen LogP contribution in [0, 0.1) is 0 Å². The second kappa shape index (κ2) is 4.75. The average Bonchev–Trinajstić information content (AvgIpc) is 2.79. The van der Waals surface area contributed by atoms with Crippen LogP contribution in [0.5, 0.6) is 0 Å². The van der Waals surface area contributed by atoms with Gasteiger partial charge >= 0.3 is 5.69 Å². The van der Waals surface area contributed by atoms with E-state index in [0.717, 1.165) is 19.4 Å². The van der Waals surface area contributed by atoms with E-state index in [-0.39, 0.29) is 17.5 Å². The van der Waals surface area contributed by atoms with Gasteiger partial charge in [-0.25, -0.2) is 4.79 Å². The highest BCUT2D eigenvalue weighted by molar-refractivity contribution is 5.30. The maximum atomic E-state index is 11.8. The molecule has 2 heterocycles. The minimum absolute atomic E-state index is 0.0967. The molecule has 1 aromatic rings. The lowest BCUT2D eigenvalue weighted by Crippen LogP contribution is -2.40. The van der Waals surface area contributed by atoms with Crippen LogP contribution in [-0.2, 0) is 18.3 Å². The Bertz CT molecular complexity index is 477. The molecule has 94 valence electrons. The number of hydrogen-bond donors (Lipinski definition) is 1. The SMILES string of the molecule is Cn1cc(N)c(=O)n(CCC2CCCO2)c1=O. The Morgan fingerprint density at radius 3 is 2.94 bits per heavy atom. The Kier molecular flexibility index (Phi) is 3.33. The first kappa shape index (κ1) is 11.9. The summed E-state index contributed by atoms with van der Waals surface area (Å²) in [5, 5.41) is 0. The number of ether oxygens (including phenoxy) is 1. The number of aromatic nitrogens is 2. The van der Waals surface area contributed by atoms with Crippen molar-refractivity contribution in [2.45, 2.75) is 31.9 Å². The summed E-state index contributed by atoms with van der Waals surface area (Å²) in [4.78, 5) is 23.5. The number of nitrogens with zero attached hydrogens (tertiary/aromatic N) is 2. The van der Waals surface area contributed by atoms with E-state index < -0.39 is 5.56 Å². The van der Waals surface area contributed by atoms with E-state index in [9.17, 15) is 9.59 Å². The normalized spacial score (nSPS) is 19.7. The fourth-order valence-corrected chi connectivity index (χ4v) is 2.09. The predicted molar refractivity (Wildman–Crippen MR) is 63.9 cm³/mol. The smallest absolute Gasteiger partial charge is 0.330 e. The molecule has 1 saturated heterocycles. The highest BCUT2D eigenvalue weighted by Crippen LogP contribution is 2.15. The molecule has 0 spiro atoms. The third-order valence-corrected chi connectivity index (χ3v) is 3.06. The summed E-state index contributed by atoms with van der Waals surface area (Å²) >= 11 is 0. The minimum atomic E-state index is -0.411. The average molecular weight is 239 g/mol. The molecule has 2 rings (SSSR count). The van der Waals surface area contributed by atoms with Gasteiger partial charge in [0, 0.05) is 26.4 Å². The first-order chi connectivity index (χ1) is 8.09. The van der Waals surface area contributed by atoms with Crippen LogP contribution in [0.15, 0.2) is 15.8 Å². The van der Waals surface area contributed by atoms with Crippen molar-refractivity contribution in [2.75, 3.05) is 12.3 Å². The number of nitrogens with two attached hydrogens (primary N) is 1. The number of aryl methyl sites for hydroxylation is 1. The van der Waals surface area contributed by atoms with Crippen LogP contribution in [0.4, 0.5) is 5.69 Å². The third-order valence-electron chi connectivity index (χ3n) is 3.06. The molecule has 1 fully saturated rings. The molecule has 6 heteroatoms. The van der Waals surface area contributed by atoms with Gasteiger partial charge in [-0.2, -0.15) is 0 Å². The van der Waals surface area contributed by atoms with E-state index in [2.05, 4.69) is 0 Å². The van der Waals surface area contributed by atoms with Crippen LogP contribution in [0.25, 0.3) is 0 Å². The van der Waals surface area contributed by atoms with Crippen LogP contribution >= 0.6 is 0 Å². The largest absolute Gasteiger partial charge is 0.393 e. The van der Waals surface area contributed by atoms with E-state index in [1.54, 1.807) is 7.05 Å². The fraction of sp³-hybridized carbons (Fsp3) is 0.636. The summed E-state index contributed by atoms with van der Waals surface area (Å²) in [5.74, 6) is 0. The second-order valence-electron chi connectivity index (χ2n) is 4.36. The number of rotatable bonds is 3. The molecule has 0 amide bonds. The van der Waals surface area contributed by atoms with Gasteiger partial charge in [-0.1, -0.05) is 0 Å². The topological polar surface area (TPSA) is 79.2 Å². The summed E-state index contributed by atoms with van der Waals surface area (Å²) in [6, 6.07) is 0. The molecule has 1 atom stereocenters. The minimum Gasteiger partial charge on any atom is -0.393 e. The van der Waals surface area contributed by atoms with Gasteiger partial charge in [0.2, 0.25) is 0 Å². The zero-order chi connectivity index (χ0) is 12.4. The van der Waals surface area contributed by atoms with Gasteiger partial charge in [0.1, 0.15) is 5.69 Å². The van der Waals surface area contributed by atoms with Gasteiger partial charge in [0.15, 0.2) is 0 Å². The van der Waals surface area contributed by atoms with Crippen LogP contribution in [0.3, 0.4) is 0 Å². The van der Waals surface area contributed by atoms with Crippen LogP contribution in [0.2, 0.25) is 0 Å². The highest BCUT2D eigenvalue weighted by atomic mass is 16.5. The number of anilines is 1. The van der Waals surface area contributed by atoms with Crippen molar-refractivity contribution in [3.8, 4) is 0 Å². The summed E-state index contributed by atoms with van der Waals surface area (Å²) in [6.45, 7) is 1.13. The maximum absolute atomic E-state index is 11.8. The standard InChI is InChI=1S/C11H17N3O3/c1-13-7-9(12)10(15)14(11(13)16)5-4-8-3-2-6-17-8/h7-8H,2-6,12H2,1H3. The van der Waals surface area contributed by atoms with E-state index in [0.29, 0.717) is 13.0 Å². The molecule has 2 N–H and O–H groups in total. The lowest BCUT2D eigenvalue weighted by molar-refractivity contribution is 0.0997. The lowest BCUT2D eigenvalue weighted by Gasteiger charge is -2.11. The molecule has 17 heavy (non-hydrogen) atoms. The van der Waals surface area contributed by atoms with Crippen molar-refractivity contribution in [3.05, 3.63) is 27.0 Å². The molecule has 1 unspecified atom stereocenters. The summed E-state index contributed by atoms with van der Waals surface area (Å²) in [6.07, 6.45) is 4.24. The van der Waals surface area contributed by atoms with Gasteiger partial charge < -0.3 is 15.0 Å². The van der Waals surface area contributed by atoms with Gasteiger partial charge in [0.25, 0.3) is 5.56 Å². The predicted octanol–water partition coefficient (Wildman–Crippen LogP) is -0.302. The Labute approximate surface area is 98.6 Å². The lowest BCUT2D eigenvalue weighted by atomic mass is 10.2. The molecule has 6 nitrogen and oxygen atoms in total. The second-order valence-corrected chi connectivity index (χ2v) is 4.36. The summed E-state index contributed by atoms with van der Waals surface area (Å²) in [7, 11) is 1.58. The van der Waals surface area contributed by atoms with E-state index in [4.69, 9.17) is 10.5 Å². The number of hydrogen-bond acceptors (Lipinski definition) is 4. The van der Waals surface area contributed by atoms with Gasteiger partial charge in [-0.3, -0.25) is 9.36 Å². The molecule has 1 aliphatic heterocycles. The third kappa shape index (κ3) is 2.41. The Morgan fingerprint density at radius 2 is 2.29 bits per heavy atom. The van der Waals surface area contributed by atoms with Crippen molar-refractivity contribution in [2.24, 2.45) is 7.05 Å². The maximum Gasteiger partial charge on any atom is 0.330 e. The van der Waals surface area contributed by atoms with E-state index in [1.807, 2.05) is 0 Å². The van der Waals surface area contributed by atoms with Crippen molar-refractivity contribution < 1.29 is 4.74 Å². The summed E-state index contributed by atoms with van der Waals surface area (Å²) < 4.78 is 7.96. The zero-order valence-electron chi connectivity index (χ0n) is 9.89. The Morgan fingerprint density at radius 1 is 1.53 bits per heavy atom. The van der Waals surface area contributed by atoms with E-state index >= 15 is 0 Å². The van der Waals surface area contributed by atoms with Gasteiger partial charge in [-0.05, 0) is 19.3 Å². The molecule has 1 aliphatic rings. The quantitative estimate of drug-likeness (QED) is 0.785. The van der Waals surface area contributed by atoms with E-state index in [1.165, 1.54) is 15.3 Å². The van der Waals surface area contributed by atoms with Crippen LogP contribution in [-0.4, -0.2) is 21.8 Å². The first-order valence-electron chi connectivity index (χ1n) is 5.77. The molecule has 0 aliphatic carbocycles. The Balaban J connectivity index is 2.20. The highest BCUT2D eigenvalue weighted by Gasteiger charge is 2.16. The molecule has 0 aromatic carbocycles. The van der Waals surface area contributed by atoms with Crippen molar-refractivity contribution in [3.63, 3.8) is 0 Å². The van der Waals surface area contributed by atoms with Crippen molar-refractivity contribution >= 4 is 5.69 Å². The molecule has 0 saturated carbocycles. The monoisotopic (exact) mass is 239 g/mol.